The van der Waals surface area contributed by atoms with Gasteiger partial charge in [0.05, 0.1) is 46.7 Å². The zero-order valence-electron chi connectivity index (χ0n) is 26.2. The second-order valence-electron chi connectivity index (χ2n) is 13.7. The molecule has 5 aliphatic rings. The Balaban J connectivity index is 0.980. The van der Waals surface area contributed by atoms with Gasteiger partial charge in [0.2, 0.25) is 0 Å². The first-order chi connectivity index (χ1) is 21.7. The molecule has 7 rings (SSSR count). The van der Waals surface area contributed by atoms with Gasteiger partial charge in [0, 0.05) is 13.1 Å². The van der Waals surface area contributed by atoms with Crippen molar-refractivity contribution in [2.45, 2.75) is 114 Å². The SMILES string of the molecule is CC1CCCC(OC2CCCC(OC3CCCC(N4C(=O)c5ccc(Oc6ccc7c(c6)C(=O)N(C)C7=O)cc5C4=O)C3)C2)C1. The van der Waals surface area contributed by atoms with Crippen molar-refractivity contribution in [3.8, 4) is 11.5 Å². The van der Waals surface area contributed by atoms with Gasteiger partial charge in [-0.05, 0) is 107 Å². The summed E-state index contributed by atoms with van der Waals surface area (Å²) in [7, 11) is 1.44. The molecule has 3 fully saturated rings. The van der Waals surface area contributed by atoms with E-state index < -0.39 is 0 Å². The first kappa shape index (κ1) is 30.1. The molecular formula is C36H42N2O7. The maximum absolute atomic E-state index is 13.6. The summed E-state index contributed by atoms with van der Waals surface area (Å²) in [4.78, 5) is 54.3. The topological polar surface area (TPSA) is 102 Å². The van der Waals surface area contributed by atoms with Crippen LogP contribution < -0.4 is 4.74 Å². The number of ether oxygens (including phenoxy) is 3. The van der Waals surface area contributed by atoms with Crippen molar-refractivity contribution in [1.29, 1.82) is 0 Å². The molecule has 238 valence electrons. The van der Waals surface area contributed by atoms with E-state index in [9.17, 15) is 19.2 Å². The first-order valence-electron chi connectivity index (χ1n) is 16.7. The van der Waals surface area contributed by atoms with Crippen LogP contribution in [0.3, 0.4) is 0 Å². The number of carbonyl (C=O) groups excluding carboxylic acids is 4. The van der Waals surface area contributed by atoms with Crippen molar-refractivity contribution >= 4 is 23.6 Å². The molecule has 6 atom stereocenters. The highest BCUT2D eigenvalue weighted by Gasteiger charge is 2.43. The molecule has 9 nitrogen and oxygen atoms in total. The lowest BCUT2D eigenvalue weighted by Gasteiger charge is -2.38. The Hall–Kier alpha value is -3.56. The zero-order chi connectivity index (χ0) is 31.2. The van der Waals surface area contributed by atoms with Crippen LogP contribution >= 0.6 is 0 Å². The third kappa shape index (κ3) is 5.92. The molecule has 2 heterocycles. The number of carbonyl (C=O) groups is 4. The Morgan fingerprint density at radius 1 is 0.578 bits per heavy atom. The summed E-state index contributed by atoms with van der Waals surface area (Å²) in [5, 5.41) is 0. The number of hydrogen-bond donors (Lipinski definition) is 0. The highest BCUT2D eigenvalue weighted by molar-refractivity contribution is 6.22. The molecule has 0 radical (unpaired) electrons. The van der Waals surface area contributed by atoms with Gasteiger partial charge in [-0.3, -0.25) is 29.0 Å². The summed E-state index contributed by atoms with van der Waals surface area (Å²) in [6, 6.07) is 9.39. The van der Waals surface area contributed by atoms with E-state index in [-0.39, 0.29) is 53.5 Å². The van der Waals surface area contributed by atoms with Crippen molar-refractivity contribution in [2.24, 2.45) is 5.92 Å². The van der Waals surface area contributed by atoms with Crippen LogP contribution in [0.2, 0.25) is 0 Å². The van der Waals surface area contributed by atoms with Crippen LogP contribution in [0.5, 0.6) is 11.5 Å². The standard InChI is InChI=1S/C36H42N2O7/c1-21-6-3-8-23(16-21)43-25-10-5-11-26(18-25)44-24-9-4-7-22(17-24)38-35(41)30-15-13-28(20-32(30)36(38)42)45-27-12-14-29-31(19-27)34(40)37(2)33(29)39/h12-15,19-26H,3-11,16-18H2,1-2H3. The van der Waals surface area contributed by atoms with Crippen LogP contribution in [0, 0.1) is 5.92 Å². The number of nitrogens with zero attached hydrogens (tertiary/aromatic N) is 2. The molecule has 2 aromatic rings. The lowest BCUT2D eigenvalue weighted by Crippen LogP contribution is -2.45. The van der Waals surface area contributed by atoms with Crippen LogP contribution in [0.15, 0.2) is 36.4 Å². The highest BCUT2D eigenvalue weighted by Crippen LogP contribution is 2.37. The van der Waals surface area contributed by atoms with Crippen LogP contribution in [0.25, 0.3) is 0 Å². The lowest BCUT2D eigenvalue weighted by molar-refractivity contribution is -0.110. The average Bonchev–Trinajstić information content (AvgIpc) is 3.40. The predicted octanol–water partition coefficient (Wildman–Crippen LogP) is 6.54. The third-order valence-electron chi connectivity index (χ3n) is 10.4. The number of imide groups is 2. The molecule has 0 spiro atoms. The number of fused-ring (bicyclic) bond motifs is 2. The molecule has 4 amide bonds. The van der Waals surface area contributed by atoms with Crippen LogP contribution in [-0.4, -0.2) is 70.9 Å². The summed E-state index contributed by atoms with van der Waals surface area (Å²) < 4.78 is 19.2. The molecule has 0 aromatic heterocycles. The molecule has 2 aromatic carbocycles. The number of rotatable bonds is 7. The quantitative estimate of drug-likeness (QED) is 0.327. The van der Waals surface area contributed by atoms with Crippen molar-refractivity contribution < 1.29 is 33.4 Å². The molecule has 0 bridgehead atoms. The number of benzene rings is 2. The van der Waals surface area contributed by atoms with Crippen molar-refractivity contribution in [3.63, 3.8) is 0 Å². The molecule has 0 N–H and O–H groups in total. The summed E-state index contributed by atoms with van der Waals surface area (Å²) in [5.74, 6) is 0.177. The van der Waals surface area contributed by atoms with Gasteiger partial charge in [0.15, 0.2) is 0 Å². The maximum Gasteiger partial charge on any atom is 0.261 e. The normalized spacial score (nSPS) is 30.1. The third-order valence-corrected chi connectivity index (χ3v) is 10.4. The van der Waals surface area contributed by atoms with Gasteiger partial charge in [-0.25, -0.2) is 0 Å². The fourth-order valence-electron chi connectivity index (χ4n) is 8.05. The van der Waals surface area contributed by atoms with Gasteiger partial charge in [0.1, 0.15) is 11.5 Å². The monoisotopic (exact) mass is 614 g/mol. The van der Waals surface area contributed by atoms with Crippen molar-refractivity contribution in [2.75, 3.05) is 7.05 Å². The molecule has 3 saturated carbocycles. The number of amides is 4. The minimum atomic E-state index is -0.383. The van der Waals surface area contributed by atoms with Crippen molar-refractivity contribution in [3.05, 3.63) is 58.7 Å². The Morgan fingerprint density at radius 2 is 1.07 bits per heavy atom. The maximum atomic E-state index is 13.6. The molecule has 2 aliphatic heterocycles. The van der Waals surface area contributed by atoms with Gasteiger partial charge in [-0.2, -0.15) is 0 Å². The van der Waals surface area contributed by atoms with E-state index in [0.29, 0.717) is 40.7 Å². The molecule has 45 heavy (non-hydrogen) atoms. The van der Waals surface area contributed by atoms with E-state index in [4.69, 9.17) is 14.2 Å². The molecule has 6 unspecified atom stereocenters. The van der Waals surface area contributed by atoms with E-state index in [1.54, 1.807) is 30.3 Å². The zero-order valence-corrected chi connectivity index (χ0v) is 26.2. The molecular weight excluding hydrogens is 572 g/mol. The number of hydrogen-bond acceptors (Lipinski definition) is 7. The van der Waals surface area contributed by atoms with Crippen LogP contribution in [-0.2, 0) is 9.47 Å². The lowest BCUT2D eigenvalue weighted by atomic mass is 9.87. The summed E-state index contributed by atoms with van der Waals surface area (Å²) >= 11 is 0. The van der Waals surface area contributed by atoms with E-state index in [1.165, 1.54) is 37.3 Å². The Labute approximate surface area is 264 Å². The summed E-state index contributed by atoms with van der Waals surface area (Å²) in [6.07, 6.45) is 13.1. The second kappa shape index (κ2) is 12.3. The van der Waals surface area contributed by atoms with Gasteiger partial charge >= 0.3 is 0 Å². The second-order valence-corrected chi connectivity index (χ2v) is 13.7. The van der Waals surface area contributed by atoms with E-state index >= 15 is 0 Å². The van der Waals surface area contributed by atoms with Crippen LogP contribution in [0.4, 0.5) is 0 Å². The smallest absolute Gasteiger partial charge is 0.261 e. The molecule has 0 saturated heterocycles. The van der Waals surface area contributed by atoms with E-state index in [2.05, 4.69) is 6.92 Å². The molecule has 3 aliphatic carbocycles. The Morgan fingerprint density at radius 3 is 1.71 bits per heavy atom. The summed E-state index contributed by atoms with van der Waals surface area (Å²) in [5.41, 5.74) is 1.30. The first-order valence-corrected chi connectivity index (χ1v) is 16.7. The average molecular weight is 615 g/mol. The van der Waals surface area contributed by atoms with Gasteiger partial charge in [0.25, 0.3) is 23.6 Å². The minimum absolute atomic E-state index is 0.0128. The Kier molecular flexibility index (Phi) is 8.25. The van der Waals surface area contributed by atoms with Gasteiger partial charge in [-0.1, -0.05) is 19.8 Å². The largest absolute Gasteiger partial charge is 0.457 e. The van der Waals surface area contributed by atoms with E-state index in [0.717, 1.165) is 62.2 Å². The summed E-state index contributed by atoms with van der Waals surface area (Å²) in [6.45, 7) is 2.33. The fraction of sp³-hybridized carbons (Fsp3) is 0.556. The van der Waals surface area contributed by atoms with Gasteiger partial charge in [-0.15, -0.1) is 0 Å². The molecule has 9 heteroatoms. The Bertz CT molecular complexity index is 1520. The van der Waals surface area contributed by atoms with E-state index in [1.807, 2.05) is 0 Å². The predicted molar refractivity (Wildman–Crippen MR) is 166 cm³/mol. The van der Waals surface area contributed by atoms with Crippen molar-refractivity contribution in [1.82, 2.24) is 9.80 Å². The highest BCUT2D eigenvalue weighted by atomic mass is 16.5. The van der Waals surface area contributed by atoms with Gasteiger partial charge < -0.3 is 14.2 Å². The van der Waals surface area contributed by atoms with Crippen LogP contribution in [0.1, 0.15) is 125 Å². The fourth-order valence-corrected chi connectivity index (χ4v) is 8.05. The minimum Gasteiger partial charge on any atom is -0.457 e.